The number of aliphatic imine (C=N–C) groups is 2. The van der Waals surface area contributed by atoms with Gasteiger partial charge in [0.2, 0.25) is 15.9 Å². The highest BCUT2D eigenvalue weighted by Crippen LogP contribution is 2.40. The van der Waals surface area contributed by atoms with Gasteiger partial charge >= 0.3 is 0 Å². The van der Waals surface area contributed by atoms with Crippen LogP contribution in [0.3, 0.4) is 0 Å². The summed E-state index contributed by atoms with van der Waals surface area (Å²) >= 11 is 6.28. The minimum absolute atomic E-state index is 0.0630. The zero-order valence-corrected chi connectivity index (χ0v) is 39.9. The smallest absolute Gasteiger partial charge is 0.243 e. The number of hydrogen-bond acceptors (Lipinski definition) is 13. The molecule has 1 aromatic heterocycles. The van der Waals surface area contributed by atoms with E-state index in [1.54, 1.807) is 17.5 Å². The fourth-order valence-corrected chi connectivity index (χ4v) is 10.3. The van der Waals surface area contributed by atoms with Gasteiger partial charge in [0.15, 0.2) is 0 Å². The third-order valence-corrected chi connectivity index (χ3v) is 14.4. The van der Waals surface area contributed by atoms with Gasteiger partial charge in [-0.3, -0.25) is 24.6 Å². The zero-order valence-electron chi connectivity index (χ0n) is 38.4. The number of fused-ring (bicyclic) bond motifs is 3. The first kappa shape index (κ1) is 48.0. The molecule has 7 rings (SSSR count). The number of anilines is 1. The molecule has 4 aromatic rings. The van der Waals surface area contributed by atoms with E-state index in [4.69, 9.17) is 45.1 Å². The van der Waals surface area contributed by atoms with Gasteiger partial charge in [0.1, 0.15) is 17.3 Å². The molecule has 2 unspecified atom stereocenters. The number of amides is 1. The molecule has 348 valence electrons. The first-order chi connectivity index (χ1) is 31.3. The van der Waals surface area contributed by atoms with E-state index in [1.807, 2.05) is 82.3 Å². The van der Waals surface area contributed by atoms with Crippen molar-refractivity contribution in [1.29, 1.82) is 0 Å². The molecule has 1 saturated heterocycles. The molecule has 1 fully saturated rings. The summed E-state index contributed by atoms with van der Waals surface area (Å²) in [5, 5.41) is 7.67. The van der Waals surface area contributed by atoms with Gasteiger partial charge in [0, 0.05) is 61.0 Å². The Morgan fingerprint density at radius 1 is 0.846 bits per heavy atom. The Kier molecular flexibility index (Phi) is 15.9. The number of sulfonamides is 1. The van der Waals surface area contributed by atoms with Crippen LogP contribution in [0.25, 0.3) is 11.1 Å². The SMILES string of the molecule is COc1ccc2c(c1)C(c1ccc(Cl)cc1)=NC(CC(=O)NCCOCCOCCOCCN1CCN(S(=O)(=O)c3cc(-c4c(C)noc4C)ccc3C)CC1)C1=C(C)C(C)N=C(C)N12. The molecule has 17 heteroatoms. The van der Waals surface area contributed by atoms with Crippen LogP contribution < -0.4 is 15.0 Å². The number of ether oxygens (including phenoxy) is 4. The fraction of sp³-hybridized carbons (Fsp3) is 0.458. The van der Waals surface area contributed by atoms with E-state index in [-0.39, 0.29) is 18.4 Å². The van der Waals surface area contributed by atoms with Crippen LogP contribution in [-0.2, 0) is 29.0 Å². The molecular weight excluding hydrogens is 870 g/mol. The largest absolute Gasteiger partial charge is 0.497 e. The van der Waals surface area contributed by atoms with Crippen molar-refractivity contribution in [3.63, 3.8) is 0 Å². The number of halogens is 1. The number of nitrogens with one attached hydrogen (secondary N) is 1. The van der Waals surface area contributed by atoms with Gasteiger partial charge in [-0.25, -0.2) is 8.42 Å². The van der Waals surface area contributed by atoms with Crippen molar-refractivity contribution in [3.8, 4) is 16.9 Å². The molecule has 65 heavy (non-hydrogen) atoms. The Bertz CT molecular complexity index is 2510. The highest BCUT2D eigenvalue weighted by molar-refractivity contribution is 7.89. The van der Waals surface area contributed by atoms with Gasteiger partial charge in [-0.15, -0.1) is 0 Å². The van der Waals surface area contributed by atoms with Crippen LogP contribution in [0.2, 0.25) is 5.02 Å². The van der Waals surface area contributed by atoms with Crippen molar-refractivity contribution in [3.05, 3.63) is 105 Å². The third-order valence-electron chi connectivity index (χ3n) is 12.1. The van der Waals surface area contributed by atoms with Crippen LogP contribution >= 0.6 is 11.6 Å². The Morgan fingerprint density at radius 3 is 2.20 bits per heavy atom. The quantitative estimate of drug-likeness (QED) is 0.101. The predicted molar refractivity (Wildman–Crippen MR) is 253 cm³/mol. The molecule has 0 radical (unpaired) electrons. The number of methoxy groups -OCH3 is 1. The summed E-state index contributed by atoms with van der Waals surface area (Å²) in [6, 6.07) is 18.4. The highest BCUT2D eigenvalue weighted by Gasteiger charge is 2.37. The van der Waals surface area contributed by atoms with E-state index in [0.717, 1.165) is 56.5 Å². The maximum absolute atomic E-state index is 13.7. The van der Waals surface area contributed by atoms with Gasteiger partial charge in [0.05, 0.1) is 92.9 Å². The minimum Gasteiger partial charge on any atom is -0.497 e. The fourth-order valence-electron chi connectivity index (χ4n) is 8.52. The van der Waals surface area contributed by atoms with Crippen molar-refractivity contribution in [2.24, 2.45) is 9.98 Å². The van der Waals surface area contributed by atoms with E-state index in [0.29, 0.717) is 106 Å². The van der Waals surface area contributed by atoms with Crippen molar-refractivity contribution < 1.29 is 36.7 Å². The topological polar surface area (TPSA) is 161 Å². The van der Waals surface area contributed by atoms with Gasteiger partial charge in [0.25, 0.3) is 0 Å². The zero-order chi connectivity index (χ0) is 46.3. The second kappa shape index (κ2) is 21.6. The number of hydrogen-bond donors (Lipinski definition) is 1. The van der Waals surface area contributed by atoms with Crippen molar-refractivity contribution >= 4 is 44.8 Å². The lowest BCUT2D eigenvalue weighted by atomic mass is 9.97. The second-order valence-electron chi connectivity index (χ2n) is 16.5. The van der Waals surface area contributed by atoms with Crippen LogP contribution in [-0.4, -0.2) is 138 Å². The van der Waals surface area contributed by atoms with Gasteiger partial charge in [-0.2, -0.15) is 4.31 Å². The molecule has 0 spiro atoms. The summed E-state index contributed by atoms with van der Waals surface area (Å²) in [6.45, 7) is 17.2. The third kappa shape index (κ3) is 11.2. The molecule has 0 saturated carbocycles. The van der Waals surface area contributed by atoms with Crippen molar-refractivity contribution in [2.75, 3.05) is 90.9 Å². The number of amidine groups is 1. The van der Waals surface area contributed by atoms with Crippen LogP contribution in [0.1, 0.15) is 55.3 Å². The number of benzene rings is 3. The first-order valence-electron chi connectivity index (χ1n) is 22.1. The Balaban J connectivity index is 0.808. The number of carbonyl (C=O) groups is 1. The van der Waals surface area contributed by atoms with Crippen LogP contribution in [0, 0.1) is 20.8 Å². The summed E-state index contributed by atoms with van der Waals surface area (Å²) in [4.78, 5) is 28.5. The maximum atomic E-state index is 13.7. The molecular formula is C48H60ClN7O8S. The molecule has 3 aromatic carbocycles. The molecule has 1 N–H and O–H groups in total. The van der Waals surface area contributed by atoms with Crippen LogP contribution in [0.5, 0.6) is 5.75 Å². The lowest BCUT2D eigenvalue weighted by Gasteiger charge is -2.36. The Morgan fingerprint density at radius 2 is 1.52 bits per heavy atom. The normalized spacial score (nSPS) is 18.2. The van der Waals surface area contributed by atoms with E-state index < -0.39 is 16.1 Å². The molecule has 4 heterocycles. The molecule has 3 aliphatic rings. The summed E-state index contributed by atoms with van der Waals surface area (Å²) in [6.07, 6.45) is 0.132. The number of aryl methyl sites for hydroxylation is 3. The van der Waals surface area contributed by atoms with E-state index >= 15 is 0 Å². The van der Waals surface area contributed by atoms with Crippen LogP contribution in [0.15, 0.2) is 91.3 Å². The van der Waals surface area contributed by atoms with Crippen molar-refractivity contribution in [1.82, 2.24) is 19.7 Å². The van der Waals surface area contributed by atoms with Gasteiger partial charge in [-0.05, 0) is 94.6 Å². The summed E-state index contributed by atoms with van der Waals surface area (Å²) in [5.41, 5.74) is 8.44. The molecule has 2 atom stereocenters. The molecule has 1 amide bonds. The number of rotatable bonds is 19. The monoisotopic (exact) mass is 929 g/mol. The summed E-state index contributed by atoms with van der Waals surface area (Å²) in [5.74, 6) is 2.05. The average Bonchev–Trinajstić information content (AvgIpc) is 3.56. The van der Waals surface area contributed by atoms with Crippen molar-refractivity contribution in [2.45, 2.75) is 64.9 Å². The molecule has 0 aliphatic carbocycles. The first-order valence-corrected chi connectivity index (χ1v) is 23.9. The van der Waals surface area contributed by atoms with Gasteiger partial charge < -0.3 is 28.8 Å². The molecule has 15 nitrogen and oxygen atoms in total. The minimum atomic E-state index is -3.68. The number of aromatic nitrogens is 1. The molecule has 0 bridgehead atoms. The predicted octanol–water partition coefficient (Wildman–Crippen LogP) is 6.61. The number of piperazine rings is 1. The number of nitrogens with zero attached hydrogens (tertiary/aromatic N) is 6. The summed E-state index contributed by atoms with van der Waals surface area (Å²) < 4.78 is 57.2. The number of carbonyl (C=O) groups excluding carboxylic acids is 1. The molecule has 3 aliphatic heterocycles. The lowest BCUT2D eigenvalue weighted by molar-refractivity contribution is -0.121. The second-order valence-corrected chi connectivity index (χ2v) is 18.8. The summed E-state index contributed by atoms with van der Waals surface area (Å²) in [7, 11) is -2.04. The van der Waals surface area contributed by atoms with E-state index in [9.17, 15) is 13.2 Å². The Hall–Kier alpha value is -4.94. The van der Waals surface area contributed by atoms with Crippen LogP contribution in [0.4, 0.5) is 5.69 Å². The standard InChI is InChI=1S/C48H60ClN7O8S/c1-31-8-9-38(46-34(4)53-64-35(46)5)28-44(31)65(58,59)55-19-17-54(18-20-55)21-23-62-25-27-63-26-24-61-22-16-50-45(57)30-42-48-32(2)33(3)51-36(6)56(48)43-15-14-40(60-7)29-41(43)47(52-42)37-10-12-39(49)13-11-37/h8-15,28-29,33,42H,16-27,30H2,1-7H3,(H,50,57). The average molecular weight is 931 g/mol. The van der Waals surface area contributed by atoms with Gasteiger partial charge in [-0.1, -0.05) is 41.0 Å². The lowest BCUT2D eigenvalue weighted by Crippen LogP contribution is -2.49. The maximum Gasteiger partial charge on any atom is 0.243 e. The van der Waals surface area contributed by atoms with E-state index in [1.165, 1.54) is 0 Å². The Labute approximate surface area is 387 Å². The highest BCUT2D eigenvalue weighted by atomic mass is 35.5. The van der Waals surface area contributed by atoms with E-state index in [2.05, 4.69) is 34.1 Å².